The van der Waals surface area contributed by atoms with Gasteiger partial charge in [-0.05, 0) is 24.3 Å². The number of rotatable bonds is 9. The standard InChI is InChI=1S/C23H29N6O4/c1-6-21-28(26-13-15-9-17(30-2)22(24)18(10-15)31-3)7-8-29(21)27-14-16-11-19(32-4)23(25)20(12-16)33-5/h7-14H,6,24-25H2,1-5H3/q+1. The molecule has 0 saturated carbocycles. The fourth-order valence-electron chi connectivity index (χ4n) is 3.26. The fraction of sp³-hybridized carbons (Fsp3) is 0.261. The first-order valence-corrected chi connectivity index (χ1v) is 10.2. The zero-order valence-electron chi connectivity index (χ0n) is 19.4. The van der Waals surface area contributed by atoms with Gasteiger partial charge in [-0.2, -0.15) is 0 Å². The van der Waals surface area contributed by atoms with Crippen LogP contribution in [0.2, 0.25) is 0 Å². The van der Waals surface area contributed by atoms with E-state index in [0.29, 0.717) is 40.8 Å². The summed E-state index contributed by atoms with van der Waals surface area (Å²) in [5, 5.41) is 9.12. The molecule has 0 aliphatic carbocycles. The Bertz CT molecular complexity index is 1050. The molecule has 0 unspecified atom stereocenters. The average Bonchev–Trinajstić information content (AvgIpc) is 3.24. The third-order valence-corrected chi connectivity index (χ3v) is 4.99. The lowest BCUT2D eigenvalue weighted by Crippen LogP contribution is -2.31. The van der Waals surface area contributed by atoms with Gasteiger partial charge in [0.15, 0.2) is 12.4 Å². The molecule has 0 aliphatic rings. The summed E-state index contributed by atoms with van der Waals surface area (Å²) in [6.45, 7) is 2.03. The molecule has 1 heterocycles. The summed E-state index contributed by atoms with van der Waals surface area (Å²) in [6, 6.07) is 7.18. The third kappa shape index (κ3) is 5.00. The maximum absolute atomic E-state index is 6.01. The van der Waals surface area contributed by atoms with Gasteiger partial charge in [0.05, 0.1) is 47.3 Å². The summed E-state index contributed by atoms with van der Waals surface area (Å²) in [5.41, 5.74) is 14.5. The predicted molar refractivity (Wildman–Crippen MR) is 128 cm³/mol. The molecule has 3 aromatic rings. The molecular weight excluding hydrogens is 424 g/mol. The minimum Gasteiger partial charge on any atom is -0.494 e. The predicted octanol–water partition coefficient (Wildman–Crippen LogP) is 2.30. The van der Waals surface area contributed by atoms with E-state index in [9.17, 15) is 0 Å². The minimum atomic E-state index is 0.440. The molecule has 4 N–H and O–H groups in total. The summed E-state index contributed by atoms with van der Waals surface area (Å²) in [7, 11) is 6.22. The third-order valence-electron chi connectivity index (χ3n) is 4.99. The monoisotopic (exact) mass is 453 g/mol. The first kappa shape index (κ1) is 23.5. The number of imidazole rings is 1. The second-order valence-corrected chi connectivity index (χ2v) is 6.92. The van der Waals surface area contributed by atoms with E-state index in [-0.39, 0.29) is 0 Å². The molecule has 0 radical (unpaired) electrons. The Kier molecular flexibility index (Phi) is 7.39. The van der Waals surface area contributed by atoms with Crippen molar-refractivity contribution in [1.82, 2.24) is 4.68 Å². The summed E-state index contributed by atoms with van der Waals surface area (Å²) in [4.78, 5) is 0. The molecule has 0 atom stereocenters. The molecule has 2 aromatic carbocycles. The van der Waals surface area contributed by atoms with Gasteiger partial charge in [0.1, 0.15) is 34.4 Å². The molecule has 174 valence electrons. The molecule has 10 nitrogen and oxygen atoms in total. The van der Waals surface area contributed by atoms with E-state index < -0.39 is 0 Å². The van der Waals surface area contributed by atoms with Crippen molar-refractivity contribution in [3.8, 4) is 23.0 Å². The number of methoxy groups -OCH3 is 4. The highest BCUT2D eigenvalue weighted by atomic mass is 16.5. The topological polar surface area (TPSA) is 122 Å². The maximum atomic E-state index is 6.01. The summed E-state index contributed by atoms with van der Waals surface area (Å²) >= 11 is 0. The van der Waals surface area contributed by atoms with Gasteiger partial charge >= 0.3 is 5.82 Å². The van der Waals surface area contributed by atoms with Crippen molar-refractivity contribution in [2.24, 2.45) is 10.2 Å². The van der Waals surface area contributed by atoms with E-state index in [1.807, 2.05) is 19.3 Å². The van der Waals surface area contributed by atoms with Crippen molar-refractivity contribution >= 4 is 23.8 Å². The zero-order chi connectivity index (χ0) is 24.0. The van der Waals surface area contributed by atoms with Crippen molar-refractivity contribution in [2.45, 2.75) is 13.3 Å². The highest BCUT2D eigenvalue weighted by Crippen LogP contribution is 2.33. The lowest BCUT2D eigenvalue weighted by Gasteiger charge is -2.10. The number of nitrogens with two attached hydrogens (primary N) is 2. The van der Waals surface area contributed by atoms with Crippen LogP contribution in [0.15, 0.2) is 46.9 Å². The quantitative estimate of drug-likeness (QED) is 0.291. The smallest absolute Gasteiger partial charge is 0.307 e. The van der Waals surface area contributed by atoms with Crippen molar-refractivity contribution in [1.29, 1.82) is 0 Å². The Labute approximate surface area is 192 Å². The Morgan fingerprint density at radius 2 is 1.27 bits per heavy atom. The average molecular weight is 454 g/mol. The van der Waals surface area contributed by atoms with Gasteiger partial charge < -0.3 is 30.4 Å². The Morgan fingerprint density at radius 1 is 0.818 bits per heavy atom. The molecule has 0 spiro atoms. The van der Waals surface area contributed by atoms with Crippen LogP contribution in [0.5, 0.6) is 23.0 Å². The van der Waals surface area contributed by atoms with Gasteiger partial charge in [0.2, 0.25) is 0 Å². The van der Waals surface area contributed by atoms with Crippen LogP contribution < -0.4 is 35.1 Å². The highest BCUT2D eigenvalue weighted by molar-refractivity contribution is 5.84. The Morgan fingerprint density at radius 3 is 1.70 bits per heavy atom. The van der Waals surface area contributed by atoms with Crippen molar-refractivity contribution in [2.75, 3.05) is 39.9 Å². The number of hydrogen-bond donors (Lipinski definition) is 2. The van der Waals surface area contributed by atoms with Crippen LogP contribution in [0.1, 0.15) is 23.9 Å². The number of anilines is 2. The maximum Gasteiger partial charge on any atom is 0.307 e. The van der Waals surface area contributed by atoms with Crippen LogP contribution in [0.4, 0.5) is 11.4 Å². The minimum absolute atomic E-state index is 0.440. The molecule has 0 fully saturated rings. The number of aromatic nitrogens is 2. The van der Waals surface area contributed by atoms with E-state index in [4.69, 9.17) is 30.4 Å². The van der Waals surface area contributed by atoms with E-state index in [1.54, 1.807) is 74.5 Å². The van der Waals surface area contributed by atoms with E-state index >= 15 is 0 Å². The highest BCUT2D eigenvalue weighted by Gasteiger charge is 2.16. The second kappa shape index (κ2) is 10.4. The van der Waals surface area contributed by atoms with Crippen LogP contribution in [-0.4, -0.2) is 45.5 Å². The van der Waals surface area contributed by atoms with Gasteiger partial charge in [-0.1, -0.05) is 17.1 Å². The molecule has 0 amide bonds. The van der Waals surface area contributed by atoms with Gasteiger partial charge in [-0.3, -0.25) is 0 Å². The van der Waals surface area contributed by atoms with Crippen molar-refractivity contribution in [3.05, 3.63) is 53.6 Å². The van der Waals surface area contributed by atoms with Crippen LogP contribution >= 0.6 is 0 Å². The number of ether oxygens (including phenoxy) is 4. The largest absolute Gasteiger partial charge is 0.494 e. The Hall–Kier alpha value is -4.21. The SMILES string of the molecule is CCc1n(N=Cc2cc(OC)c(N)c(OC)c2)cc[n+]1N=Cc1cc(OC)c(N)c(OC)c1. The number of nitrogen functional groups attached to an aromatic ring is 2. The van der Waals surface area contributed by atoms with Crippen molar-refractivity contribution < 1.29 is 23.6 Å². The molecule has 33 heavy (non-hydrogen) atoms. The first-order chi connectivity index (χ1) is 15.9. The summed E-state index contributed by atoms with van der Waals surface area (Å²) < 4.78 is 24.8. The van der Waals surface area contributed by atoms with Crippen LogP contribution in [0.25, 0.3) is 0 Å². The second-order valence-electron chi connectivity index (χ2n) is 6.92. The van der Waals surface area contributed by atoms with Crippen LogP contribution in [0, 0.1) is 0 Å². The van der Waals surface area contributed by atoms with Crippen molar-refractivity contribution in [3.63, 3.8) is 0 Å². The molecule has 10 heteroatoms. The van der Waals surface area contributed by atoms with Gasteiger partial charge in [0, 0.05) is 11.1 Å². The summed E-state index contributed by atoms with van der Waals surface area (Å²) in [5.74, 6) is 2.95. The Balaban J connectivity index is 1.90. The van der Waals surface area contributed by atoms with E-state index in [2.05, 4.69) is 10.2 Å². The van der Waals surface area contributed by atoms with Gasteiger partial charge in [0.25, 0.3) is 0 Å². The van der Waals surface area contributed by atoms with Gasteiger partial charge in [-0.15, -0.1) is 9.35 Å². The van der Waals surface area contributed by atoms with Gasteiger partial charge in [-0.25, -0.2) is 0 Å². The van der Waals surface area contributed by atoms with E-state index in [1.165, 1.54) is 0 Å². The van der Waals surface area contributed by atoms with Crippen LogP contribution in [0.3, 0.4) is 0 Å². The number of benzene rings is 2. The molecular formula is C23H29N6O4+. The molecule has 0 aliphatic heterocycles. The lowest BCUT2D eigenvalue weighted by atomic mass is 10.2. The molecule has 0 bridgehead atoms. The fourth-order valence-corrected chi connectivity index (χ4v) is 3.26. The normalized spacial score (nSPS) is 11.3. The molecule has 3 rings (SSSR count). The molecule has 1 aromatic heterocycles. The lowest BCUT2D eigenvalue weighted by molar-refractivity contribution is -0.685. The van der Waals surface area contributed by atoms with Crippen LogP contribution in [-0.2, 0) is 6.42 Å². The first-order valence-electron chi connectivity index (χ1n) is 10.2. The number of hydrogen-bond acceptors (Lipinski definition) is 8. The summed E-state index contributed by atoms with van der Waals surface area (Å²) in [6.07, 6.45) is 7.75. The zero-order valence-corrected chi connectivity index (χ0v) is 19.4. The van der Waals surface area contributed by atoms with E-state index in [0.717, 1.165) is 17.0 Å². The molecule has 0 saturated heterocycles. The number of nitrogens with zero attached hydrogens (tertiary/aromatic N) is 4.